The van der Waals surface area contributed by atoms with Gasteiger partial charge in [0.1, 0.15) is 11.3 Å². The van der Waals surface area contributed by atoms with Gasteiger partial charge in [-0.3, -0.25) is 4.98 Å². The molecule has 5 nitrogen and oxygen atoms in total. The Morgan fingerprint density at radius 3 is 2.55 bits per heavy atom. The predicted octanol–water partition coefficient (Wildman–Crippen LogP) is 2.42. The van der Waals surface area contributed by atoms with E-state index in [0.717, 1.165) is 5.56 Å². The van der Waals surface area contributed by atoms with Gasteiger partial charge < -0.3 is 5.11 Å². The third kappa shape index (κ3) is 2.79. The first-order chi connectivity index (χ1) is 10.6. The maximum Gasteiger partial charge on any atom is 0.241 e. The van der Waals surface area contributed by atoms with E-state index < -0.39 is 10.0 Å². The molecule has 2 N–H and O–H groups in total. The summed E-state index contributed by atoms with van der Waals surface area (Å²) in [4.78, 5) is 4.13. The Hall–Kier alpha value is -2.44. The first-order valence-electron chi connectivity index (χ1n) is 6.68. The van der Waals surface area contributed by atoms with E-state index in [9.17, 15) is 13.5 Å². The van der Waals surface area contributed by atoms with Crippen LogP contribution in [0.1, 0.15) is 5.56 Å². The fourth-order valence-corrected chi connectivity index (χ4v) is 3.43. The van der Waals surface area contributed by atoms with Crippen LogP contribution in [0.3, 0.4) is 0 Å². The molecule has 112 valence electrons. The fourth-order valence-electron chi connectivity index (χ4n) is 2.22. The number of hydrogen-bond acceptors (Lipinski definition) is 4. The second kappa shape index (κ2) is 5.75. The van der Waals surface area contributed by atoms with Crippen molar-refractivity contribution in [1.82, 2.24) is 9.71 Å². The number of sulfonamides is 1. The molecule has 3 rings (SSSR count). The molecule has 0 saturated heterocycles. The third-order valence-corrected chi connectivity index (χ3v) is 4.77. The summed E-state index contributed by atoms with van der Waals surface area (Å²) >= 11 is 0. The molecule has 0 aliphatic carbocycles. The number of fused-ring (bicyclic) bond motifs is 1. The summed E-state index contributed by atoms with van der Waals surface area (Å²) < 4.78 is 27.6. The van der Waals surface area contributed by atoms with Gasteiger partial charge in [0.05, 0.1) is 4.90 Å². The van der Waals surface area contributed by atoms with E-state index in [4.69, 9.17) is 0 Å². The third-order valence-electron chi connectivity index (χ3n) is 3.31. The summed E-state index contributed by atoms with van der Waals surface area (Å²) in [6.45, 7) is 0.200. The standard InChI is InChI=1S/C16H14N2O3S/c19-14-8-9-15(13-7-4-10-17-16(13)14)22(20,21)18-11-12-5-2-1-3-6-12/h1-10,18-19H,11H2. The lowest BCUT2D eigenvalue weighted by atomic mass is 10.2. The zero-order valence-corrected chi connectivity index (χ0v) is 12.4. The molecule has 0 amide bonds. The second-order valence-electron chi connectivity index (χ2n) is 4.79. The van der Waals surface area contributed by atoms with E-state index in [2.05, 4.69) is 9.71 Å². The van der Waals surface area contributed by atoms with Crippen LogP contribution in [0, 0.1) is 0 Å². The monoisotopic (exact) mass is 314 g/mol. The number of aromatic nitrogens is 1. The number of benzene rings is 2. The van der Waals surface area contributed by atoms with Gasteiger partial charge in [0.2, 0.25) is 10.0 Å². The van der Waals surface area contributed by atoms with Gasteiger partial charge in [0.15, 0.2) is 0 Å². The maximum atomic E-state index is 12.5. The van der Waals surface area contributed by atoms with Crippen LogP contribution in [0.25, 0.3) is 10.9 Å². The molecule has 6 heteroatoms. The summed E-state index contributed by atoms with van der Waals surface area (Å²) in [5, 5.41) is 10.2. The van der Waals surface area contributed by atoms with Gasteiger partial charge >= 0.3 is 0 Å². The minimum atomic E-state index is -3.70. The molecule has 0 fully saturated rings. The Bertz CT molecular complexity index is 909. The van der Waals surface area contributed by atoms with Crippen molar-refractivity contribution >= 4 is 20.9 Å². The van der Waals surface area contributed by atoms with E-state index >= 15 is 0 Å². The van der Waals surface area contributed by atoms with Gasteiger partial charge in [0, 0.05) is 18.1 Å². The van der Waals surface area contributed by atoms with Crippen molar-refractivity contribution in [3.05, 3.63) is 66.4 Å². The molecule has 0 saturated carbocycles. The van der Waals surface area contributed by atoms with Gasteiger partial charge in [-0.05, 0) is 29.8 Å². The predicted molar refractivity (Wildman–Crippen MR) is 83.9 cm³/mol. The van der Waals surface area contributed by atoms with E-state index in [1.807, 2.05) is 30.3 Å². The van der Waals surface area contributed by atoms with Crippen LogP contribution in [0.2, 0.25) is 0 Å². The topological polar surface area (TPSA) is 79.3 Å². The summed E-state index contributed by atoms with van der Waals surface area (Å²) in [6, 6.07) is 15.2. The van der Waals surface area contributed by atoms with Gasteiger partial charge in [-0.15, -0.1) is 0 Å². The van der Waals surface area contributed by atoms with E-state index in [1.165, 1.54) is 18.3 Å². The lowest BCUT2D eigenvalue weighted by molar-refractivity contribution is 0.480. The number of hydrogen-bond donors (Lipinski definition) is 2. The molecule has 0 unspecified atom stereocenters. The van der Waals surface area contributed by atoms with Gasteiger partial charge in [-0.2, -0.15) is 0 Å². The fraction of sp³-hybridized carbons (Fsp3) is 0.0625. The van der Waals surface area contributed by atoms with Gasteiger partial charge in [-0.1, -0.05) is 30.3 Å². The Morgan fingerprint density at radius 1 is 1.00 bits per heavy atom. The number of nitrogens with one attached hydrogen (secondary N) is 1. The van der Waals surface area contributed by atoms with Crippen molar-refractivity contribution in [2.75, 3.05) is 0 Å². The Morgan fingerprint density at radius 2 is 1.77 bits per heavy atom. The summed E-state index contributed by atoms with van der Waals surface area (Å²) in [5.74, 6) is -0.0439. The van der Waals surface area contributed by atoms with Crippen LogP contribution in [0.15, 0.2) is 65.7 Å². The van der Waals surface area contributed by atoms with Crippen molar-refractivity contribution in [2.24, 2.45) is 0 Å². The molecular weight excluding hydrogens is 300 g/mol. The number of phenolic OH excluding ortho intramolecular Hbond substituents is 1. The number of phenols is 1. The molecule has 0 spiro atoms. The number of nitrogens with zero attached hydrogens (tertiary/aromatic N) is 1. The molecule has 0 bridgehead atoms. The highest BCUT2D eigenvalue weighted by atomic mass is 32.2. The highest BCUT2D eigenvalue weighted by molar-refractivity contribution is 7.89. The van der Waals surface area contributed by atoms with Crippen LogP contribution < -0.4 is 4.72 Å². The summed E-state index contributed by atoms with van der Waals surface area (Å²) in [6.07, 6.45) is 1.51. The van der Waals surface area contributed by atoms with E-state index in [1.54, 1.807) is 12.1 Å². The Kier molecular flexibility index (Phi) is 3.79. The number of pyridine rings is 1. The minimum absolute atomic E-state index is 0.0439. The number of rotatable bonds is 4. The maximum absolute atomic E-state index is 12.5. The molecular formula is C16H14N2O3S. The molecule has 0 aliphatic rings. The van der Waals surface area contributed by atoms with Crippen molar-refractivity contribution in [3.8, 4) is 5.75 Å². The first kappa shape index (κ1) is 14.5. The minimum Gasteiger partial charge on any atom is -0.506 e. The van der Waals surface area contributed by atoms with Gasteiger partial charge in [0.25, 0.3) is 0 Å². The van der Waals surface area contributed by atoms with E-state index in [-0.39, 0.29) is 22.7 Å². The smallest absolute Gasteiger partial charge is 0.241 e. The summed E-state index contributed by atoms with van der Waals surface area (Å²) in [5.41, 5.74) is 1.14. The van der Waals surface area contributed by atoms with Crippen molar-refractivity contribution in [2.45, 2.75) is 11.4 Å². The van der Waals surface area contributed by atoms with Crippen LogP contribution in [0.4, 0.5) is 0 Å². The highest BCUT2D eigenvalue weighted by Crippen LogP contribution is 2.28. The second-order valence-corrected chi connectivity index (χ2v) is 6.53. The highest BCUT2D eigenvalue weighted by Gasteiger charge is 2.18. The zero-order chi connectivity index (χ0) is 15.6. The molecule has 1 heterocycles. The largest absolute Gasteiger partial charge is 0.506 e. The molecule has 0 atom stereocenters. The Balaban J connectivity index is 1.98. The number of aromatic hydroxyl groups is 1. The Labute approximate surface area is 128 Å². The lowest BCUT2D eigenvalue weighted by Gasteiger charge is -2.10. The quantitative estimate of drug-likeness (QED) is 0.775. The van der Waals surface area contributed by atoms with Crippen LogP contribution in [0.5, 0.6) is 5.75 Å². The van der Waals surface area contributed by atoms with Crippen molar-refractivity contribution in [3.63, 3.8) is 0 Å². The van der Waals surface area contributed by atoms with Crippen LogP contribution in [-0.4, -0.2) is 18.5 Å². The first-order valence-corrected chi connectivity index (χ1v) is 8.16. The molecule has 0 radical (unpaired) electrons. The lowest BCUT2D eigenvalue weighted by Crippen LogP contribution is -2.23. The van der Waals surface area contributed by atoms with Gasteiger partial charge in [-0.25, -0.2) is 13.1 Å². The normalized spacial score (nSPS) is 11.6. The van der Waals surface area contributed by atoms with E-state index in [0.29, 0.717) is 5.39 Å². The van der Waals surface area contributed by atoms with Crippen molar-refractivity contribution < 1.29 is 13.5 Å². The van der Waals surface area contributed by atoms with Crippen LogP contribution >= 0.6 is 0 Å². The molecule has 2 aromatic carbocycles. The molecule has 3 aromatic rings. The molecule has 0 aliphatic heterocycles. The summed E-state index contributed by atoms with van der Waals surface area (Å²) in [7, 11) is -3.70. The average Bonchev–Trinajstić information content (AvgIpc) is 2.54. The van der Waals surface area contributed by atoms with Crippen LogP contribution in [-0.2, 0) is 16.6 Å². The SMILES string of the molecule is O=S(=O)(NCc1ccccc1)c1ccc(O)c2ncccc12. The molecule has 1 aromatic heterocycles. The zero-order valence-electron chi connectivity index (χ0n) is 11.6. The van der Waals surface area contributed by atoms with Crippen molar-refractivity contribution in [1.29, 1.82) is 0 Å². The molecule has 22 heavy (non-hydrogen) atoms. The average molecular weight is 314 g/mol.